The van der Waals surface area contributed by atoms with Gasteiger partial charge in [-0.3, -0.25) is 9.97 Å². The van der Waals surface area contributed by atoms with Gasteiger partial charge in [-0.15, -0.1) is 36.4 Å². The second-order valence-electron chi connectivity index (χ2n) is 9.24. The summed E-state index contributed by atoms with van der Waals surface area (Å²) in [4.78, 5) is 8.96. The summed E-state index contributed by atoms with van der Waals surface area (Å²) in [6.07, 6.45) is 3.20. The van der Waals surface area contributed by atoms with Crippen LogP contribution >= 0.6 is 0 Å². The SMILES string of the molecule is [Pt].[c-]1c(-c2[c-]c(-n3c4[c-]c(-c5nc6ccccc6o5)ccc4c4ccccc43)ccc2)cccc1-c1ncco1. The number of hydrogen-bond acceptors (Lipinski definition) is 4. The zero-order valence-electron chi connectivity index (χ0n) is 20.9. The normalized spacial score (nSPS) is 11.3. The summed E-state index contributed by atoms with van der Waals surface area (Å²) in [6.45, 7) is 0. The van der Waals surface area contributed by atoms with Crippen LogP contribution in [0.25, 0.3) is 72.6 Å². The van der Waals surface area contributed by atoms with Gasteiger partial charge in [0.15, 0.2) is 5.89 Å². The van der Waals surface area contributed by atoms with Crippen LogP contribution in [0.1, 0.15) is 0 Å². The molecule has 0 fully saturated rings. The first-order valence-electron chi connectivity index (χ1n) is 12.6. The Morgan fingerprint density at radius 1 is 0.625 bits per heavy atom. The number of para-hydroxylation sites is 3. The van der Waals surface area contributed by atoms with E-state index in [0.29, 0.717) is 11.8 Å². The first-order chi connectivity index (χ1) is 19.3. The van der Waals surface area contributed by atoms with Crippen LogP contribution in [-0.2, 0) is 21.1 Å². The molecule has 5 nitrogen and oxygen atoms in total. The Balaban J connectivity index is 0.00000264. The van der Waals surface area contributed by atoms with Crippen LogP contribution in [-0.4, -0.2) is 14.5 Å². The molecule has 0 aliphatic carbocycles. The maximum atomic E-state index is 6.07. The van der Waals surface area contributed by atoms with Crippen LogP contribution in [0.3, 0.4) is 0 Å². The number of rotatable bonds is 4. The summed E-state index contributed by atoms with van der Waals surface area (Å²) < 4.78 is 13.7. The van der Waals surface area contributed by atoms with Gasteiger partial charge in [-0.1, -0.05) is 46.8 Å². The molecule has 0 spiro atoms. The largest absolute Gasteiger partial charge is 0.481 e. The van der Waals surface area contributed by atoms with E-state index in [1.165, 1.54) is 0 Å². The molecular formula is C34H18N3O2Pt-3. The van der Waals surface area contributed by atoms with Crippen molar-refractivity contribution in [3.05, 3.63) is 128 Å². The summed E-state index contributed by atoms with van der Waals surface area (Å²) >= 11 is 0. The minimum Gasteiger partial charge on any atom is -0.481 e. The summed E-state index contributed by atoms with van der Waals surface area (Å²) in [5.74, 6) is 1.09. The van der Waals surface area contributed by atoms with Crippen molar-refractivity contribution < 1.29 is 29.9 Å². The van der Waals surface area contributed by atoms with E-state index >= 15 is 0 Å². The number of aromatic nitrogens is 3. The van der Waals surface area contributed by atoms with Gasteiger partial charge < -0.3 is 13.4 Å². The third-order valence-corrected chi connectivity index (χ3v) is 6.88. The van der Waals surface area contributed by atoms with Crippen LogP contribution in [0.2, 0.25) is 0 Å². The van der Waals surface area contributed by atoms with Gasteiger partial charge in [0.2, 0.25) is 0 Å². The molecular weight excluding hydrogens is 677 g/mol. The van der Waals surface area contributed by atoms with Crippen molar-refractivity contribution in [3.63, 3.8) is 0 Å². The third kappa shape index (κ3) is 3.98. The molecule has 3 heterocycles. The molecule has 0 saturated carbocycles. The monoisotopic (exact) mass is 695 g/mol. The summed E-state index contributed by atoms with van der Waals surface area (Å²) in [7, 11) is 0. The zero-order valence-corrected chi connectivity index (χ0v) is 23.1. The maximum absolute atomic E-state index is 6.07. The van der Waals surface area contributed by atoms with Gasteiger partial charge in [-0.05, 0) is 34.8 Å². The van der Waals surface area contributed by atoms with Gasteiger partial charge in [0, 0.05) is 26.6 Å². The van der Waals surface area contributed by atoms with E-state index < -0.39 is 0 Å². The molecule has 0 amide bonds. The quantitative estimate of drug-likeness (QED) is 0.174. The molecule has 5 aromatic carbocycles. The standard InChI is InChI=1S/C34H18N3O2.Pt/c1-3-13-30-27(11-1)28-16-15-25(34-36-29-12-2-4-14-32(29)39-34)21-31(28)37(30)26-10-6-8-23(20-26)22-7-5-9-24(19-22)33-35-17-18-38-33;/h1-18H;/q-3;. The molecule has 8 rings (SSSR count). The van der Waals surface area contributed by atoms with E-state index in [2.05, 4.69) is 64.1 Å². The minimum atomic E-state index is 0. The predicted molar refractivity (Wildman–Crippen MR) is 151 cm³/mol. The molecule has 0 saturated heterocycles. The Labute approximate surface area is 244 Å². The van der Waals surface area contributed by atoms with E-state index in [-0.39, 0.29) is 21.1 Å². The van der Waals surface area contributed by atoms with E-state index in [1.54, 1.807) is 12.5 Å². The van der Waals surface area contributed by atoms with Crippen molar-refractivity contribution in [1.29, 1.82) is 0 Å². The van der Waals surface area contributed by atoms with Crippen molar-refractivity contribution in [2.24, 2.45) is 0 Å². The van der Waals surface area contributed by atoms with E-state index in [9.17, 15) is 0 Å². The molecule has 3 aromatic heterocycles. The van der Waals surface area contributed by atoms with Crippen LogP contribution in [0.4, 0.5) is 0 Å². The average molecular weight is 696 g/mol. The Morgan fingerprint density at radius 2 is 1.40 bits per heavy atom. The van der Waals surface area contributed by atoms with Crippen LogP contribution in [0.15, 0.2) is 118 Å². The maximum Gasteiger partial charge on any atom is 0.157 e. The van der Waals surface area contributed by atoms with Crippen LogP contribution in [0, 0.1) is 18.2 Å². The van der Waals surface area contributed by atoms with Crippen molar-refractivity contribution in [2.75, 3.05) is 0 Å². The minimum absolute atomic E-state index is 0. The number of fused-ring (bicyclic) bond motifs is 4. The first-order valence-corrected chi connectivity index (χ1v) is 12.6. The topological polar surface area (TPSA) is 57.0 Å². The second-order valence-corrected chi connectivity index (χ2v) is 9.24. The van der Waals surface area contributed by atoms with Crippen molar-refractivity contribution in [3.8, 4) is 39.7 Å². The Hall–Kier alpha value is -4.73. The van der Waals surface area contributed by atoms with Crippen molar-refractivity contribution >= 4 is 32.9 Å². The van der Waals surface area contributed by atoms with E-state index in [1.807, 2.05) is 60.7 Å². The van der Waals surface area contributed by atoms with Crippen molar-refractivity contribution in [2.45, 2.75) is 0 Å². The number of nitrogens with zero attached hydrogens (tertiary/aromatic N) is 3. The summed E-state index contributed by atoms with van der Waals surface area (Å²) in [6, 6.07) is 43.0. The number of oxazole rings is 2. The molecule has 6 heteroatoms. The molecule has 0 bridgehead atoms. The van der Waals surface area contributed by atoms with Gasteiger partial charge >= 0.3 is 0 Å². The van der Waals surface area contributed by atoms with Crippen LogP contribution < -0.4 is 0 Å². The first kappa shape index (κ1) is 24.3. The van der Waals surface area contributed by atoms with Gasteiger partial charge in [-0.2, -0.15) is 35.9 Å². The van der Waals surface area contributed by atoms with Gasteiger partial charge in [0.25, 0.3) is 0 Å². The smallest absolute Gasteiger partial charge is 0.157 e. The molecule has 0 unspecified atom stereocenters. The average Bonchev–Trinajstić information content (AvgIpc) is 3.75. The van der Waals surface area contributed by atoms with Gasteiger partial charge in [0.05, 0.1) is 18.0 Å². The van der Waals surface area contributed by atoms with E-state index in [0.717, 1.165) is 60.8 Å². The molecule has 0 aliphatic heterocycles. The molecule has 8 aromatic rings. The molecule has 0 atom stereocenters. The summed E-state index contributed by atoms with van der Waals surface area (Å²) in [5, 5.41) is 2.24. The van der Waals surface area contributed by atoms with Crippen molar-refractivity contribution in [1.82, 2.24) is 14.5 Å². The zero-order chi connectivity index (χ0) is 25.8. The fourth-order valence-electron chi connectivity index (χ4n) is 5.11. The number of hydrogen-bond donors (Lipinski definition) is 0. The number of benzene rings is 5. The Kier molecular flexibility index (Phi) is 5.95. The molecule has 0 radical (unpaired) electrons. The fourth-order valence-corrected chi connectivity index (χ4v) is 5.11. The van der Waals surface area contributed by atoms with Crippen LogP contribution in [0.5, 0.6) is 0 Å². The van der Waals surface area contributed by atoms with Gasteiger partial charge in [-0.25, -0.2) is 5.56 Å². The summed E-state index contributed by atoms with van der Waals surface area (Å²) in [5.41, 5.74) is 7.91. The Bertz CT molecular complexity index is 2110. The fraction of sp³-hybridized carbons (Fsp3) is 0. The Morgan fingerprint density at radius 3 is 2.27 bits per heavy atom. The molecule has 0 N–H and O–H groups in total. The molecule has 0 aliphatic rings. The molecule has 40 heavy (non-hydrogen) atoms. The third-order valence-electron chi connectivity index (χ3n) is 6.88. The predicted octanol–water partition coefficient (Wildman–Crippen LogP) is 8.31. The van der Waals surface area contributed by atoms with E-state index in [4.69, 9.17) is 13.8 Å². The molecule has 194 valence electrons. The van der Waals surface area contributed by atoms with Gasteiger partial charge in [0.1, 0.15) is 11.5 Å². The second kappa shape index (κ2) is 9.78.